The van der Waals surface area contributed by atoms with Crippen molar-refractivity contribution < 1.29 is 9.47 Å². The first-order valence-electron chi connectivity index (χ1n) is 6.02. The molecule has 0 radical (unpaired) electrons. The van der Waals surface area contributed by atoms with Gasteiger partial charge in [0.05, 0.1) is 13.2 Å². The maximum atomic E-state index is 5.06. The van der Waals surface area contributed by atoms with Crippen molar-refractivity contribution in [3.05, 3.63) is 0 Å². The van der Waals surface area contributed by atoms with Crippen molar-refractivity contribution in [2.24, 2.45) is 5.92 Å². The Bertz CT molecular complexity index is 108. The van der Waals surface area contributed by atoms with Gasteiger partial charge in [0.15, 0.2) is 6.29 Å². The number of ether oxygens (including phenoxy) is 2. The summed E-state index contributed by atoms with van der Waals surface area (Å²) in [5, 5.41) is 0. The van der Waals surface area contributed by atoms with Crippen molar-refractivity contribution in [3.8, 4) is 0 Å². The lowest BCUT2D eigenvalue weighted by molar-refractivity contribution is -0.167. The molecule has 0 aromatic heterocycles. The van der Waals surface area contributed by atoms with E-state index in [1.807, 2.05) is 6.92 Å². The molecule has 0 aromatic rings. The Kier molecular flexibility index (Phi) is 6.20. The molecule has 0 aromatic carbocycles. The summed E-state index contributed by atoms with van der Waals surface area (Å²) >= 11 is 0. The molecule has 1 heterocycles. The van der Waals surface area contributed by atoms with Crippen LogP contribution in [0.3, 0.4) is 0 Å². The maximum absolute atomic E-state index is 5.06. The first-order chi connectivity index (χ1) is 6.79. The maximum Gasteiger partial charge on any atom is 0.154 e. The molecule has 0 bridgehead atoms. The van der Waals surface area contributed by atoms with Crippen molar-refractivity contribution in [2.45, 2.75) is 58.7 Å². The van der Waals surface area contributed by atoms with Crippen molar-refractivity contribution in [2.75, 3.05) is 13.2 Å². The average Bonchev–Trinajstić information content (AvgIpc) is 2.21. The minimum atomic E-state index is 0.0359. The molecule has 0 N–H and O–H groups in total. The van der Waals surface area contributed by atoms with E-state index >= 15 is 0 Å². The summed E-state index contributed by atoms with van der Waals surface area (Å²) in [4.78, 5) is 0. The highest BCUT2D eigenvalue weighted by molar-refractivity contribution is 4.59. The molecule has 2 rings (SSSR count). The Labute approximate surface area is 88.0 Å². The van der Waals surface area contributed by atoms with Gasteiger partial charge in [0.25, 0.3) is 0 Å². The third-order valence-corrected chi connectivity index (χ3v) is 2.89. The molecule has 0 atom stereocenters. The number of hydrogen-bond donors (Lipinski definition) is 0. The van der Waals surface area contributed by atoms with Crippen LogP contribution in [0.1, 0.15) is 52.4 Å². The van der Waals surface area contributed by atoms with Crippen LogP contribution in [-0.4, -0.2) is 19.5 Å². The fourth-order valence-electron chi connectivity index (χ4n) is 1.91. The van der Waals surface area contributed by atoms with E-state index in [0.717, 1.165) is 25.6 Å². The molecule has 0 spiro atoms. The second kappa shape index (κ2) is 7.24. The van der Waals surface area contributed by atoms with Crippen LogP contribution in [-0.2, 0) is 9.47 Å². The molecule has 2 nitrogen and oxygen atoms in total. The summed E-state index contributed by atoms with van der Waals surface area (Å²) in [5.74, 6) is 1.04. The van der Waals surface area contributed by atoms with Crippen LogP contribution >= 0.6 is 0 Å². The molecular weight excluding hydrogens is 176 g/mol. The van der Waals surface area contributed by atoms with Gasteiger partial charge in [-0.15, -0.1) is 0 Å². The van der Waals surface area contributed by atoms with Crippen LogP contribution in [0.25, 0.3) is 0 Å². The molecule has 2 aliphatic rings. The lowest BCUT2D eigenvalue weighted by Gasteiger charge is -2.18. The number of rotatable bonds is 0. The quantitative estimate of drug-likeness (QED) is 0.597. The van der Waals surface area contributed by atoms with Gasteiger partial charge in [0, 0.05) is 0 Å². The fraction of sp³-hybridized carbons (Fsp3) is 1.00. The van der Waals surface area contributed by atoms with E-state index in [2.05, 4.69) is 6.92 Å². The highest BCUT2D eigenvalue weighted by Crippen LogP contribution is 2.22. The molecule has 1 aliphatic heterocycles. The summed E-state index contributed by atoms with van der Waals surface area (Å²) in [6, 6.07) is 0. The molecule has 84 valence electrons. The number of hydrogen-bond acceptors (Lipinski definition) is 2. The van der Waals surface area contributed by atoms with Gasteiger partial charge in [-0.1, -0.05) is 39.0 Å². The smallest absolute Gasteiger partial charge is 0.154 e. The predicted octanol–water partition coefficient (Wildman–Crippen LogP) is 3.36. The third-order valence-electron chi connectivity index (χ3n) is 2.89. The van der Waals surface area contributed by atoms with Gasteiger partial charge in [-0.05, 0) is 19.3 Å². The summed E-state index contributed by atoms with van der Waals surface area (Å²) in [6.45, 7) is 6.00. The van der Waals surface area contributed by atoms with Crippen LogP contribution in [0.2, 0.25) is 0 Å². The van der Waals surface area contributed by atoms with E-state index in [1.54, 1.807) is 0 Å². The molecular formula is C12H24O2. The van der Waals surface area contributed by atoms with E-state index < -0.39 is 0 Å². The molecule has 1 saturated heterocycles. The molecule has 14 heavy (non-hydrogen) atoms. The van der Waals surface area contributed by atoms with Crippen LogP contribution in [0.5, 0.6) is 0 Å². The lowest BCUT2D eigenvalue weighted by atomic mass is 9.91. The zero-order valence-corrected chi connectivity index (χ0v) is 9.63. The van der Waals surface area contributed by atoms with E-state index in [1.165, 1.54) is 32.1 Å². The Morgan fingerprint density at radius 3 is 1.64 bits per heavy atom. The van der Waals surface area contributed by atoms with Crippen LogP contribution in [0.15, 0.2) is 0 Å². The van der Waals surface area contributed by atoms with Crippen LogP contribution < -0.4 is 0 Å². The molecule has 2 heteroatoms. The Morgan fingerprint density at radius 2 is 1.36 bits per heavy atom. The van der Waals surface area contributed by atoms with Crippen LogP contribution in [0.4, 0.5) is 0 Å². The fourth-order valence-corrected chi connectivity index (χ4v) is 1.91. The summed E-state index contributed by atoms with van der Waals surface area (Å²) in [5.41, 5.74) is 0. The topological polar surface area (TPSA) is 18.5 Å². The van der Waals surface area contributed by atoms with Crippen molar-refractivity contribution >= 4 is 0 Å². The first kappa shape index (κ1) is 12.0. The van der Waals surface area contributed by atoms with Gasteiger partial charge in [-0.3, -0.25) is 0 Å². The standard InChI is InChI=1S/C7H14.C5H10O2/c1-7-5-3-2-4-6-7;1-5-6-3-2-4-7-5/h7H,2-6H2,1H3;5H,2-4H2,1H3. The van der Waals surface area contributed by atoms with Crippen molar-refractivity contribution in [1.29, 1.82) is 0 Å². The highest BCUT2D eigenvalue weighted by Gasteiger charge is 2.06. The highest BCUT2D eigenvalue weighted by atomic mass is 16.7. The monoisotopic (exact) mass is 200 g/mol. The molecule has 1 saturated carbocycles. The summed E-state index contributed by atoms with van der Waals surface area (Å²) in [7, 11) is 0. The molecule has 0 amide bonds. The average molecular weight is 200 g/mol. The minimum absolute atomic E-state index is 0.0359. The second-order valence-corrected chi connectivity index (χ2v) is 4.41. The van der Waals surface area contributed by atoms with Crippen molar-refractivity contribution in [3.63, 3.8) is 0 Å². The van der Waals surface area contributed by atoms with Gasteiger partial charge in [-0.2, -0.15) is 0 Å². The van der Waals surface area contributed by atoms with Crippen molar-refractivity contribution in [1.82, 2.24) is 0 Å². The Hall–Kier alpha value is -0.0800. The molecule has 0 unspecified atom stereocenters. The predicted molar refractivity (Wildman–Crippen MR) is 58.2 cm³/mol. The first-order valence-corrected chi connectivity index (χ1v) is 6.02. The summed E-state index contributed by atoms with van der Waals surface area (Å²) < 4.78 is 10.1. The third kappa shape index (κ3) is 5.61. The molecule has 2 fully saturated rings. The Morgan fingerprint density at radius 1 is 0.786 bits per heavy atom. The van der Waals surface area contributed by atoms with E-state index in [9.17, 15) is 0 Å². The normalized spacial score (nSPS) is 25.3. The van der Waals surface area contributed by atoms with E-state index in [4.69, 9.17) is 9.47 Å². The Balaban J connectivity index is 0.000000140. The van der Waals surface area contributed by atoms with Gasteiger partial charge < -0.3 is 9.47 Å². The largest absolute Gasteiger partial charge is 0.353 e. The van der Waals surface area contributed by atoms with E-state index in [-0.39, 0.29) is 6.29 Å². The lowest BCUT2D eigenvalue weighted by Crippen LogP contribution is -2.21. The zero-order valence-electron chi connectivity index (χ0n) is 9.63. The van der Waals surface area contributed by atoms with Gasteiger partial charge in [-0.25, -0.2) is 0 Å². The summed E-state index contributed by atoms with van der Waals surface area (Å²) in [6.07, 6.45) is 8.52. The van der Waals surface area contributed by atoms with E-state index in [0.29, 0.717) is 0 Å². The molecule has 1 aliphatic carbocycles. The SMILES string of the molecule is CC1CCCCC1.CC1OCCCO1. The zero-order chi connectivity index (χ0) is 10.2. The van der Waals surface area contributed by atoms with Gasteiger partial charge >= 0.3 is 0 Å². The van der Waals surface area contributed by atoms with Gasteiger partial charge in [0.1, 0.15) is 0 Å². The minimum Gasteiger partial charge on any atom is -0.353 e. The van der Waals surface area contributed by atoms with Gasteiger partial charge in [0.2, 0.25) is 0 Å². The second-order valence-electron chi connectivity index (χ2n) is 4.41. The van der Waals surface area contributed by atoms with Crippen LogP contribution in [0, 0.1) is 5.92 Å².